The fourth-order valence-electron chi connectivity index (χ4n) is 8.50. The van der Waals surface area contributed by atoms with Gasteiger partial charge in [0.1, 0.15) is 11.3 Å². The molecule has 8 aromatic carbocycles. The molecule has 0 spiro atoms. The van der Waals surface area contributed by atoms with Crippen LogP contribution in [0, 0.1) is 6.92 Å². The molecule has 0 atom stereocenters. The highest BCUT2D eigenvalue weighted by atomic mass is 16.3. The standard InChI is InChI=1S/C49H34O/c1-3-11-38-30(2)50-46-29-44-34(28-45(38)46)22-23-35-26-37-27-36(24-25-39(37)48(35)44)49-42-16-9-7-14-40(42)47(41-15-8-10-17-43(41)49)33-20-18-32(19-21-33)31-12-5-4-6-13-31/h3-25,27-29H,26H2,1-2H3/b11-3-. The molecule has 1 nitrogen and oxygen atoms in total. The lowest BCUT2D eigenvalue weighted by atomic mass is 9.85. The predicted molar refractivity (Wildman–Crippen MR) is 213 cm³/mol. The van der Waals surface area contributed by atoms with Crippen molar-refractivity contribution in [2.45, 2.75) is 20.3 Å². The Morgan fingerprint density at radius 1 is 0.480 bits per heavy atom. The van der Waals surface area contributed by atoms with Crippen molar-refractivity contribution in [3.8, 4) is 44.5 Å². The number of rotatable bonds is 4. The molecule has 0 bridgehead atoms. The quantitative estimate of drug-likeness (QED) is 0.175. The van der Waals surface area contributed by atoms with E-state index < -0.39 is 0 Å². The summed E-state index contributed by atoms with van der Waals surface area (Å²) in [5, 5.41) is 8.81. The minimum Gasteiger partial charge on any atom is -0.461 e. The van der Waals surface area contributed by atoms with Gasteiger partial charge in [-0.2, -0.15) is 0 Å². The Morgan fingerprint density at radius 3 is 1.76 bits per heavy atom. The van der Waals surface area contributed by atoms with Crippen molar-refractivity contribution in [3.63, 3.8) is 0 Å². The summed E-state index contributed by atoms with van der Waals surface area (Å²) in [5.74, 6) is 0.963. The Kier molecular flexibility index (Phi) is 6.44. The summed E-state index contributed by atoms with van der Waals surface area (Å²) in [4.78, 5) is 0. The van der Waals surface area contributed by atoms with Gasteiger partial charge in [-0.15, -0.1) is 0 Å². The molecule has 50 heavy (non-hydrogen) atoms. The van der Waals surface area contributed by atoms with Gasteiger partial charge in [0.25, 0.3) is 0 Å². The maximum atomic E-state index is 6.28. The van der Waals surface area contributed by atoms with Crippen LogP contribution in [-0.2, 0) is 6.42 Å². The van der Waals surface area contributed by atoms with Gasteiger partial charge in [0, 0.05) is 10.9 Å². The van der Waals surface area contributed by atoms with Crippen molar-refractivity contribution in [3.05, 3.63) is 174 Å². The minimum absolute atomic E-state index is 0.926. The first kappa shape index (κ1) is 28.8. The topological polar surface area (TPSA) is 13.1 Å². The van der Waals surface area contributed by atoms with Crippen molar-refractivity contribution in [1.29, 1.82) is 0 Å². The van der Waals surface area contributed by atoms with Gasteiger partial charge < -0.3 is 4.42 Å². The van der Waals surface area contributed by atoms with Gasteiger partial charge >= 0.3 is 0 Å². The third-order valence-electron chi connectivity index (χ3n) is 10.7. The van der Waals surface area contributed by atoms with Crippen LogP contribution in [0.1, 0.15) is 29.4 Å². The summed E-state index contributed by atoms with van der Waals surface area (Å²) in [6.07, 6.45) is 5.16. The second-order valence-electron chi connectivity index (χ2n) is 13.6. The number of fused-ring (bicyclic) bond motifs is 8. The summed E-state index contributed by atoms with van der Waals surface area (Å²) in [6.45, 7) is 4.12. The molecule has 1 aliphatic carbocycles. The van der Waals surface area contributed by atoms with Crippen LogP contribution >= 0.6 is 0 Å². The van der Waals surface area contributed by atoms with Crippen LogP contribution in [0.3, 0.4) is 0 Å². The lowest BCUT2D eigenvalue weighted by molar-refractivity contribution is 0.578. The molecule has 0 aliphatic heterocycles. The monoisotopic (exact) mass is 638 g/mol. The summed E-state index contributed by atoms with van der Waals surface area (Å²) >= 11 is 0. The van der Waals surface area contributed by atoms with Crippen molar-refractivity contribution < 1.29 is 4.42 Å². The molecule has 0 fully saturated rings. The first-order chi connectivity index (χ1) is 24.7. The maximum absolute atomic E-state index is 6.28. The molecule has 0 radical (unpaired) electrons. The molecular weight excluding hydrogens is 605 g/mol. The Bertz CT molecular complexity index is 2770. The number of hydrogen-bond donors (Lipinski definition) is 0. The summed E-state index contributed by atoms with van der Waals surface area (Å²) in [7, 11) is 0. The number of benzene rings is 8. The molecule has 0 N–H and O–H groups in total. The SMILES string of the molecule is C/C=C\c1c(C)oc2cc3c4c(ccc3cc12)Cc1cc(-c2c3ccccc3c(-c3ccc(-c5ccccc5)cc3)c3ccccc23)ccc1-4. The lowest BCUT2D eigenvalue weighted by Gasteiger charge is -2.18. The van der Waals surface area contributed by atoms with E-state index in [0.29, 0.717) is 0 Å². The van der Waals surface area contributed by atoms with Crippen molar-refractivity contribution in [1.82, 2.24) is 0 Å². The van der Waals surface area contributed by atoms with E-state index in [1.807, 2.05) is 0 Å². The van der Waals surface area contributed by atoms with Crippen LogP contribution in [0.25, 0.3) is 93.9 Å². The molecule has 1 heterocycles. The second-order valence-corrected chi connectivity index (χ2v) is 13.6. The third kappa shape index (κ3) is 4.33. The van der Waals surface area contributed by atoms with Gasteiger partial charge in [-0.25, -0.2) is 0 Å². The van der Waals surface area contributed by atoms with Crippen molar-refractivity contribution in [2.75, 3.05) is 0 Å². The van der Waals surface area contributed by atoms with E-state index in [9.17, 15) is 0 Å². The summed E-state index contributed by atoms with van der Waals surface area (Å²) in [5.41, 5.74) is 15.1. The largest absolute Gasteiger partial charge is 0.461 e. The summed E-state index contributed by atoms with van der Waals surface area (Å²) in [6, 6.07) is 53.9. The third-order valence-corrected chi connectivity index (χ3v) is 10.7. The van der Waals surface area contributed by atoms with E-state index in [1.54, 1.807) is 0 Å². The molecule has 0 saturated heterocycles. The Balaban J connectivity index is 1.14. The van der Waals surface area contributed by atoms with Gasteiger partial charge in [-0.05, 0) is 120 Å². The van der Waals surface area contributed by atoms with Gasteiger partial charge in [0.15, 0.2) is 0 Å². The number of aryl methyl sites for hydroxylation is 1. The maximum Gasteiger partial charge on any atom is 0.135 e. The van der Waals surface area contributed by atoms with Crippen molar-refractivity contribution >= 4 is 49.4 Å². The van der Waals surface area contributed by atoms with Crippen LogP contribution < -0.4 is 0 Å². The Hall–Kier alpha value is -6.18. The molecule has 1 heteroatoms. The van der Waals surface area contributed by atoms with Crippen LogP contribution in [0.15, 0.2) is 156 Å². The first-order valence-corrected chi connectivity index (χ1v) is 17.5. The normalized spacial score (nSPS) is 12.4. The van der Waals surface area contributed by atoms with E-state index in [2.05, 4.69) is 172 Å². The highest BCUT2D eigenvalue weighted by Crippen LogP contribution is 2.48. The molecule has 9 aromatic rings. The zero-order valence-corrected chi connectivity index (χ0v) is 28.1. The van der Waals surface area contributed by atoms with Crippen LogP contribution in [-0.4, -0.2) is 0 Å². The molecule has 1 aromatic heterocycles. The molecule has 1 aliphatic rings. The predicted octanol–water partition coefficient (Wildman–Crippen LogP) is 13.8. The lowest BCUT2D eigenvalue weighted by Crippen LogP contribution is -1.92. The zero-order chi connectivity index (χ0) is 33.3. The fourth-order valence-corrected chi connectivity index (χ4v) is 8.50. The van der Waals surface area contributed by atoms with Gasteiger partial charge in [0.2, 0.25) is 0 Å². The van der Waals surface area contributed by atoms with Gasteiger partial charge in [-0.1, -0.05) is 146 Å². The van der Waals surface area contributed by atoms with Gasteiger partial charge in [-0.3, -0.25) is 0 Å². The van der Waals surface area contributed by atoms with E-state index in [1.165, 1.54) is 98.9 Å². The van der Waals surface area contributed by atoms with Gasteiger partial charge in [0.05, 0.1) is 0 Å². The number of allylic oxidation sites excluding steroid dienone is 1. The molecule has 0 unspecified atom stereocenters. The minimum atomic E-state index is 0.926. The van der Waals surface area contributed by atoms with Crippen LogP contribution in [0.4, 0.5) is 0 Å². The molecule has 10 rings (SSSR count). The zero-order valence-electron chi connectivity index (χ0n) is 28.1. The summed E-state index contributed by atoms with van der Waals surface area (Å²) < 4.78 is 6.28. The van der Waals surface area contributed by atoms with E-state index in [0.717, 1.165) is 17.8 Å². The van der Waals surface area contributed by atoms with E-state index in [-0.39, 0.29) is 0 Å². The van der Waals surface area contributed by atoms with E-state index >= 15 is 0 Å². The Morgan fingerprint density at radius 2 is 1.08 bits per heavy atom. The molecular formula is C49H34O. The number of hydrogen-bond acceptors (Lipinski definition) is 1. The highest BCUT2D eigenvalue weighted by Gasteiger charge is 2.24. The first-order valence-electron chi connectivity index (χ1n) is 17.5. The Labute approximate surface area is 291 Å². The second kappa shape index (κ2) is 11.2. The van der Waals surface area contributed by atoms with Crippen LogP contribution in [0.2, 0.25) is 0 Å². The smallest absolute Gasteiger partial charge is 0.135 e. The molecule has 0 amide bonds. The highest BCUT2D eigenvalue weighted by molar-refractivity contribution is 6.21. The fraction of sp³-hybridized carbons (Fsp3) is 0.0612. The average Bonchev–Trinajstić information content (AvgIpc) is 3.69. The molecule has 0 saturated carbocycles. The molecule has 236 valence electrons. The van der Waals surface area contributed by atoms with Crippen molar-refractivity contribution in [2.24, 2.45) is 0 Å². The number of furan rings is 1. The van der Waals surface area contributed by atoms with Crippen LogP contribution in [0.5, 0.6) is 0 Å². The van der Waals surface area contributed by atoms with E-state index in [4.69, 9.17) is 4.42 Å². The average molecular weight is 639 g/mol.